The summed E-state index contributed by atoms with van der Waals surface area (Å²) in [6.45, 7) is 5.38. The van der Waals surface area contributed by atoms with Crippen LogP contribution in [0.1, 0.15) is 25.0 Å². The summed E-state index contributed by atoms with van der Waals surface area (Å²) < 4.78 is 17.3. The van der Waals surface area contributed by atoms with Gasteiger partial charge in [0, 0.05) is 0 Å². The molecular formula is C27H26N2O4S. The Balaban J connectivity index is 1.47. The zero-order valence-corrected chi connectivity index (χ0v) is 19.9. The molecule has 6 nitrogen and oxygen atoms in total. The van der Waals surface area contributed by atoms with Crippen molar-refractivity contribution in [2.45, 2.75) is 20.5 Å². The number of nitrogens with zero attached hydrogens (tertiary/aromatic N) is 1. The number of amides is 1. The van der Waals surface area contributed by atoms with Gasteiger partial charge in [-0.25, -0.2) is 0 Å². The standard InChI is InChI=1S/C27H26N2O4S/c1-3-31-24-14-13-20(17-25(24)32-4-2)18-33-22-12-8-9-19(15-22)16-23-26(30)29(27(34)28-23)21-10-6-5-7-11-21/h5-17H,3-4,18H2,1-2H3,(H,28,34)/b23-16+. The Labute approximate surface area is 204 Å². The Kier molecular flexibility index (Phi) is 7.44. The van der Waals surface area contributed by atoms with Gasteiger partial charge in [0.15, 0.2) is 16.6 Å². The second-order valence-electron chi connectivity index (χ2n) is 7.47. The molecule has 3 aromatic rings. The lowest BCUT2D eigenvalue weighted by Gasteiger charge is -2.13. The second kappa shape index (κ2) is 10.9. The van der Waals surface area contributed by atoms with E-state index < -0.39 is 0 Å². The fourth-order valence-corrected chi connectivity index (χ4v) is 3.86. The van der Waals surface area contributed by atoms with Gasteiger partial charge in [-0.1, -0.05) is 36.4 Å². The molecule has 4 rings (SSSR count). The summed E-state index contributed by atoms with van der Waals surface area (Å²) in [5, 5.41) is 3.37. The highest BCUT2D eigenvalue weighted by atomic mass is 32.1. The molecule has 34 heavy (non-hydrogen) atoms. The molecule has 0 radical (unpaired) electrons. The number of hydrogen-bond acceptors (Lipinski definition) is 5. The number of nitrogens with one attached hydrogen (secondary N) is 1. The monoisotopic (exact) mass is 474 g/mol. The van der Waals surface area contributed by atoms with Crippen molar-refractivity contribution in [2.75, 3.05) is 18.1 Å². The minimum Gasteiger partial charge on any atom is -0.490 e. The molecule has 1 amide bonds. The van der Waals surface area contributed by atoms with Gasteiger partial charge in [0.25, 0.3) is 5.91 Å². The molecule has 1 aliphatic heterocycles. The van der Waals surface area contributed by atoms with Crippen LogP contribution < -0.4 is 24.4 Å². The number of anilines is 1. The van der Waals surface area contributed by atoms with Gasteiger partial charge in [-0.3, -0.25) is 9.69 Å². The van der Waals surface area contributed by atoms with Crippen LogP contribution in [0.2, 0.25) is 0 Å². The molecule has 1 saturated heterocycles. The van der Waals surface area contributed by atoms with Crippen molar-refractivity contribution in [1.82, 2.24) is 5.32 Å². The first-order valence-corrected chi connectivity index (χ1v) is 11.5. The molecule has 1 fully saturated rings. The molecule has 1 aliphatic rings. The first-order valence-electron chi connectivity index (χ1n) is 11.1. The van der Waals surface area contributed by atoms with Gasteiger partial charge < -0.3 is 19.5 Å². The number of thiocarbonyl (C=S) groups is 1. The Bertz CT molecular complexity index is 1210. The van der Waals surface area contributed by atoms with Crippen LogP contribution in [0.3, 0.4) is 0 Å². The van der Waals surface area contributed by atoms with Crippen molar-refractivity contribution < 1.29 is 19.0 Å². The summed E-state index contributed by atoms with van der Waals surface area (Å²) in [6, 6.07) is 22.7. The second-order valence-corrected chi connectivity index (χ2v) is 7.86. The highest BCUT2D eigenvalue weighted by Crippen LogP contribution is 2.29. The highest BCUT2D eigenvalue weighted by Gasteiger charge is 2.31. The smallest absolute Gasteiger partial charge is 0.281 e. The van der Waals surface area contributed by atoms with Gasteiger partial charge in [-0.15, -0.1) is 0 Å². The topological polar surface area (TPSA) is 60.0 Å². The summed E-state index contributed by atoms with van der Waals surface area (Å²) in [4.78, 5) is 14.4. The van der Waals surface area contributed by atoms with Gasteiger partial charge in [-0.2, -0.15) is 0 Å². The van der Waals surface area contributed by atoms with Gasteiger partial charge >= 0.3 is 0 Å². The van der Waals surface area contributed by atoms with Crippen molar-refractivity contribution in [1.29, 1.82) is 0 Å². The summed E-state index contributed by atoms with van der Waals surface area (Å²) >= 11 is 5.38. The van der Waals surface area contributed by atoms with Crippen LogP contribution in [0.4, 0.5) is 5.69 Å². The van der Waals surface area contributed by atoms with E-state index in [2.05, 4.69) is 5.32 Å². The van der Waals surface area contributed by atoms with Crippen molar-refractivity contribution in [2.24, 2.45) is 0 Å². The number of carbonyl (C=O) groups is 1. The lowest BCUT2D eigenvalue weighted by atomic mass is 10.1. The molecular weight excluding hydrogens is 448 g/mol. The maximum atomic E-state index is 12.9. The molecule has 0 saturated carbocycles. The third-order valence-electron chi connectivity index (χ3n) is 5.07. The van der Waals surface area contributed by atoms with Crippen LogP contribution >= 0.6 is 12.2 Å². The molecule has 3 aromatic carbocycles. The number of ether oxygens (including phenoxy) is 3. The molecule has 0 unspecified atom stereocenters. The van der Waals surface area contributed by atoms with Crippen LogP contribution in [0.25, 0.3) is 6.08 Å². The van der Waals surface area contributed by atoms with Gasteiger partial charge in [0.2, 0.25) is 0 Å². The van der Waals surface area contributed by atoms with E-state index in [9.17, 15) is 4.79 Å². The van der Waals surface area contributed by atoms with Crippen LogP contribution in [0.5, 0.6) is 17.2 Å². The molecule has 1 heterocycles. The molecule has 0 aliphatic carbocycles. The Morgan fingerprint density at radius 3 is 2.41 bits per heavy atom. The maximum Gasteiger partial charge on any atom is 0.281 e. The molecule has 0 aromatic heterocycles. The minimum atomic E-state index is -0.194. The van der Waals surface area contributed by atoms with Crippen molar-refractivity contribution >= 4 is 35.0 Å². The van der Waals surface area contributed by atoms with Crippen LogP contribution in [-0.4, -0.2) is 24.2 Å². The van der Waals surface area contributed by atoms with E-state index in [0.29, 0.717) is 42.1 Å². The highest BCUT2D eigenvalue weighted by molar-refractivity contribution is 7.80. The van der Waals surface area contributed by atoms with Crippen LogP contribution in [0.15, 0.2) is 78.5 Å². The average Bonchev–Trinajstić information content (AvgIpc) is 3.12. The number of benzene rings is 3. The van der Waals surface area contributed by atoms with Crippen molar-refractivity contribution in [3.05, 3.63) is 89.6 Å². The predicted octanol–water partition coefficient (Wildman–Crippen LogP) is 5.33. The van der Waals surface area contributed by atoms with E-state index in [4.69, 9.17) is 26.4 Å². The minimum absolute atomic E-state index is 0.194. The molecule has 0 bridgehead atoms. The molecule has 7 heteroatoms. The van der Waals surface area contributed by atoms with Crippen molar-refractivity contribution in [3.63, 3.8) is 0 Å². The van der Waals surface area contributed by atoms with Gasteiger partial charge in [0.05, 0.1) is 18.9 Å². The zero-order chi connectivity index (χ0) is 23.9. The summed E-state index contributed by atoms with van der Waals surface area (Å²) in [5.74, 6) is 1.92. The third-order valence-corrected chi connectivity index (χ3v) is 5.36. The number of rotatable bonds is 9. The quantitative estimate of drug-likeness (QED) is 0.334. The lowest BCUT2D eigenvalue weighted by Crippen LogP contribution is -2.30. The number of hydrogen-bond donors (Lipinski definition) is 1. The van der Waals surface area contributed by atoms with E-state index >= 15 is 0 Å². The Morgan fingerprint density at radius 2 is 1.65 bits per heavy atom. The average molecular weight is 475 g/mol. The van der Waals surface area contributed by atoms with E-state index in [0.717, 1.165) is 22.6 Å². The number of carbonyl (C=O) groups excluding carboxylic acids is 1. The SMILES string of the molecule is CCOc1ccc(COc2cccc(/C=C3/NC(=S)N(c4ccccc4)C3=O)c2)cc1OCC. The van der Waals surface area contributed by atoms with E-state index in [1.807, 2.05) is 86.6 Å². The molecule has 174 valence electrons. The van der Waals surface area contributed by atoms with Gasteiger partial charge in [-0.05, 0) is 79.7 Å². The molecule has 1 N–H and O–H groups in total. The maximum absolute atomic E-state index is 12.9. The normalized spacial score (nSPS) is 14.3. The van der Waals surface area contributed by atoms with E-state index in [-0.39, 0.29) is 5.91 Å². The van der Waals surface area contributed by atoms with Crippen molar-refractivity contribution in [3.8, 4) is 17.2 Å². The summed E-state index contributed by atoms with van der Waals surface area (Å²) in [7, 11) is 0. The Morgan fingerprint density at radius 1 is 0.882 bits per heavy atom. The lowest BCUT2D eigenvalue weighted by molar-refractivity contribution is -0.113. The predicted molar refractivity (Wildman–Crippen MR) is 137 cm³/mol. The van der Waals surface area contributed by atoms with Crippen LogP contribution in [0, 0.1) is 0 Å². The first-order chi connectivity index (χ1) is 16.6. The summed E-state index contributed by atoms with van der Waals surface area (Å²) in [5.41, 5.74) is 2.94. The number of para-hydroxylation sites is 1. The van der Waals surface area contributed by atoms with E-state index in [1.165, 1.54) is 4.90 Å². The van der Waals surface area contributed by atoms with Crippen LogP contribution in [-0.2, 0) is 11.4 Å². The first kappa shape index (κ1) is 23.3. The summed E-state index contributed by atoms with van der Waals surface area (Å²) in [6.07, 6.45) is 1.77. The van der Waals surface area contributed by atoms with E-state index in [1.54, 1.807) is 6.08 Å². The largest absolute Gasteiger partial charge is 0.490 e. The molecule has 0 spiro atoms. The third kappa shape index (κ3) is 5.38. The Hall–Kier alpha value is -3.84. The fourth-order valence-electron chi connectivity index (χ4n) is 3.56. The van der Waals surface area contributed by atoms with Gasteiger partial charge in [0.1, 0.15) is 18.1 Å². The fraction of sp³-hybridized carbons (Fsp3) is 0.185. The molecule has 0 atom stereocenters. The zero-order valence-electron chi connectivity index (χ0n) is 19.1.